The van der Waals surface area contributed by atoms with Crippen LogP contribution in [-0.2, 0) is 13.0 Å². The van der Waals surface area contributed by atoms with Crippen LogP contribution in [0.2, 0.25) is 0 Å². The zero-order valence-corrected chi connectivity index (χ0v) is 11.9. The molecule has 0 saturated carbocycles. The predicted octanol–water partition coefficient (Wildman–Crippen LogP) is 0.275. The van der Waals surface area contributed by atoms with Gasteiger partial charge >= 0.3 is 0 Å². The lowest BCUT2D eigenvalue weighted by molar-refractivity contribution is 0.0295. The quantitative estimate of drug-likeness (QED) is 0.752. The zero-order chi connectivity index (χ0) is 14.8. The molecule has 0 spiro atoms. The van der Waals surface area contributed by atoms with E-state index < -0.39 is 12.2 Å². The van der Waals surface area contributed by atoms with Crippen LogP contribution in [0.25, 0.3) is 0 Å². The van der Waals surface area contributed by atoms with Gasteiger partial charge in [-0.25, -0.2) is 0 Å². The number of rotatable bonds is 4. The first-order valence-corrected chi connectivity index (χ1v) is 7.21. The number of hydrogen-bond acceptors (Lipinski definition) is 5. The topological polar surface area (TPSA) is 83.2 Å². The minimum absolute atomic E-state index is 0.153. The van der Waals surface area contributed by atoms with Crippen LogP contribution in [0, 0.1) is 0 Å². The van der Waals surface area contributed by atoms with Gasteiger partial charge in [-0.3, -0.25) is 4.68 Å². The molecule has 1 aliphatic rings. The molecule has 1 aromatic carbocycles. The van der Waals surface area contributed by atoms with Gasteiger partial charge in [-0.05, 0) is 18.9 Å². The maximum Gasteiger partial charge on any atom is 0.102 e. The normalized spacial score (nSPS) is 28.9. The Balaban J connectivity index is 1.64. The second kappa shape index (κ2) is 5.93. The van der Waals surface area contributed by atoms with E-state index in [-0.39, 0.29) is 12.1 Å². The van der Waals surface area contributed by atoms with E-state index in [0.29, 0.717) is 5.69 Å². The fourth-order valence-corrected chi connectivity index (χ4v) is 2.69. The van der Waals surface area contributed by atoms with Gasteiger partial charge in [0.05, 0.1) is 18.3 Å². The lowest BCUT2D eigenvalue weighted by Gasteiger charge is -2.12. The molecule has 0 aliphatic carbocycles. The van der Waals surface area contributed by atoms with E-state index in [2.05, 4.69) is 27.8 Å². The molecule has 0 unspecified atom stereocenters. The van der Waals surface area contributed by atoms with Crippen molar-refractivity contribution in [2.75, 3.05) is 0 Å². The summed E-state index contributed by atoms with van der Waals surface area (Å²) in [6.45, 7) is 2.58. The Bertz CT molecular complexity index is 586. The first-order valence-electron chi connectivity index (χ1n) is 7.21. The molecule has 2 aromatic rings. The highest BCUT2D eigenvalue weighted by Gasteiger charge is 2.40. The third-order valence-corrected chi connectivity index (χ3v) is 3.99. The molecule has 112 valence electrons. The first-order chi connectivity index (χ1) is 10.1. The zero-order valence-electron chi connectivity index (χ0n) is 11.9. The van der Waals surface area contributed by atoms with E-state index in [1.807, 2.05) is 31.3 Å². The molecule has 3 N–H and O–H groups in total. The Morgan fingerprint density at radius 1 is 1.19 bits per heavy atom. The van der Waals surface area contributed by atoms with Crippen LogP contribution in [-0.4, -0.2) is 43.5 Å². The molecular weight excluding hydrogens is 268 g/mol. The summed E-state index contributed by atoms with van der Waals surface area (Å²) < 4.78 is 1.77. The van der Waals surface area contributed by atoms with Crippen molar-refractivity contribution in [3.63, 3.8) is 0 Å². The van der Waals surface area contributed by atoms with Gasteiger partial charge in [-0.15, -0.1) is 5.10 Å². The van der Waals surface area contributed by atoms with Crippen molar-refractivity contribution in [1.29, 1.82) is 0 Å². The average Bonchev–Trinajstić information content (AvgIpc) is 3.07. The van der Waals surface area contributed by atoms with Gasteiger partial charge in [0.2, 0.25) is 0 Å². The number of aliphatic hydroxyl groups is 2. The van der Waals surface area contributed by atoms with Gasteiger partial charge in [-0.1, -0.05) is 35.5 Å². The number of aryl methyl sites for hydroxylation is 2. The molecule has 3 rings (SSSR count). The molecule has 1 saturated heterocycles. The number of aliphatic hydroxyl groups excluding tert-OH is 2. The van der Waals surface area contributed by atoms with Crippen molar-refractivity contribution in [3.05, 3.63) is 47.8 Å². The second-order valence-corrected chi connectivity index (χ2v) is 5.56. The molecule has 6 heteroatoms. The lowest BCUT2D eigenvalue weighted by atomic mass is 10.1. The minimum Gasteiger partial charge on any atom is -0.389 e. The summed E-state index contributed by atoms with van der Waals surface area (Å²) in [4.78, 5) is 0. The maximum absolute atomic E-state index is 10.0. The standard InChI is InChI=1S/C15H20N4O2/c1-10-14(20)15(21)13(16-10)12-9-19(18-17-12)8-7-11-5-3-2-4-6-11/h2-6,9-10,13-16,20-21H,7-8H2,1H3/t10-,13-,14+,15-/m0/s1. The molecule has 1 aliphatic heterocycles. The molecule has 0 bridgehead atoms. The summed E-state index contributed by atoms with van der Waals surface area (Å²) in [6, 6.07) is 9.68. The van der Waals surface area contributed by atoms with E-state index >= 15 is 0 Å². The van der Waals surface area contributed by atoms with Crippen molar-refractivity contribution in [1.82, 2.24) is 20.3 Å². The van der Waals surface area contributed by atoms with Crippen molar-refractivity contribution >= 4 is 0 Å². The van der Waals surface area contributed by atoms with Crippen molar-refractivity contribution < 1.29 is 10.2 Å². The molecule has 1 fully saturated rings. The van der Waals surface area contributed by atoms with Gasteiger partial charge in [0.25, 0.3) is 0 Å². The fraction of sp³-hybridized carbons (Fsp3) is 0.467. The van der Waals surface area contributed by atoms with Gasteiger partial charge in [0.1, 0.15) is 11.8 Å². The third kappa shape index (κ3) is 2.97. The van der Waals surface area contributed by atoms with Crippen LogP contribution in [0.4, 0.5) is 0 Å². The lowest BCUT2D eigenvalue weighted by Crippen LogP contribution is -2.29. The monoisotopic (exact) mass is 288 g/mol. The van der Waals surface area contributed by atoms with E-state index in [0.717, 1.165) is 13.0 Å². The Labute approximate surface area is 123 Å². The van der Waals surface area contributed by atoms with Crippen LogP contribution in [0.15, 0.2) is 36.5 Å². The second-order valence-electron chi connectivity index (χ2n) is 5.56. The van der Waals surface area contributed by atoms with Crippen LogP contribution in [0.3, 0.4) is 0 Å². The molecule has 0 amide bonds. The highest BCUT2D eigenvalue weighted by atomic mass is 16.3. The third-order valence-electron chi connectivity index (χ3n) is 3.99. The SMILES string of the molecule is C[C@@H]1N[C@@H](c2cn(CCc3ccccc3)nn2)[C@H](O)[C@@H]1O. The molecule has 4 atom stereocenters. The summed E-state index contributed by atoms with van der Waals surface area (Å²) in [5, 5.41) is 31.1. The number of hydrogen-bond donors (Lipinski definition) is 3. The van der Waals surface area contributed by atoms with Gasteiger partial charge in [0.15, 0.2) is 0 Å². The number of aromatic nitrogens is 3. The minimum atomic E-state index is -0.848. The largest absolute Gasteiger partial charge is 0.389 e. The highest BCUT2D eigenvalue weighted by molar-refractivity contribution is 5.15. The maximum atomic E-state index is 10.0. The van der Waals surface area contributed by atoms with Crippen LogP contribution in [0.5, 0.6) is 0 Å². The van der Waals surface area contributed by atoms with Crippen LogP contribution >= 0.6 is 0 Å². The van der Waals surface area contributed by atoms with Gasteiger partial charge in [-0.2, -0.15) is 0 Å². The van der Waals surface area contributed by atoms with E-state index in [1.165, 1.54) is 5.56 Å². The van der Waals surface area contributed by atoms with E-state index in [1.54, 1.807) is 4.68 Å². The van der Waals surface area contributed by atoms with E-state index in [4.69, 9.17) is 0 Å². The Hall–Kier alpha value is -1.76. The molecule has 2 heterocycles. The Kier molecular flexibility index (Phi) is 4.01. The molecule has 21 heavy (non-hydrogen) atoms. The number of nitrogens with zero attached hydrogens (tertiary/aromatic N) is 3. The average molecular weight is 288 g/mol. The first kappa shape index (κ1) is 14.2. The molecular formula is C15H20N4O2. The van der Waals surface area contributed by atoms with Crippen molar-refractivity contribution in [2.45, 2.75) is 44.2 Å². The van der Waals surface area contributed by atoms with Crippen LogP contribution < -0.4 is 5.32 Å². The summed E-state index contributed by atoms with van der Waals surface area (Å²) >= 11 is 0. The molecule has 1 aromatic heterocycles. The van der Waals surface area contributed by atoms with Gasteiger partial charge < -0.3 is 15.5 Å². The summed E-state index contributed by atoms with van der Waals surface area (Å²) in [6.07, 6.45) is 1.08. The van der Waals surface area contributed by atoms with Crippen LogP contribution in [0.1, 0.15) is 24.2 Å². The summed E-state index contributed by atoms with van der Waals surface area (Å²) in [5.41, 5.74) is 1.91. The Morgan fingerprint density at radius 2 is 1.95 bits per heavy atom. The van der Waals surface area contributed by atoms with Gasteiger partial charge in [0, 0.05) is 12.6 Å². The summed E-state index contributed by atoms with van der Waals surface area (Å²) in [5.74, 6) is 0. The highest BCUT2D eigenvalue weighted by Crippen LogP contribution is 2.25. The summed E-state index contributed by atoms with van der Waals surface area (Å²) in [7, 11) is 0. The molecule has 0 radical (unpaired) electrons. The number of benzene rings is 1. The predicted molar refractivity (Wildman–Crippen MR) is 77.5 cm³/mol. The van der Waals surface area contributed by atoms with Crippen molar-refractivity contribution in [2.24, 2.45) is 0 Å². The van der Waals surface area contributed by atoms with Crippen molar-refractivity contribution in [3.8, 4) is 0 Å². The Morgan fingerprint density at radius 3 is 2.62 bits per heavy atom. The smallest absolute Gasteiger partial charge is 0.102 e. The fourth-order valence-electron chi connectivity index (χ4n) is 2.69. The molecule has 6 nitrogen and oxygen atoms in total. The number of nitrogens with one attached hydrogen (secondary N) is 1. The van der Waals surface area contributed by atoms with E-state index in [9.17, 15) is 10.2 Å².